The van der Waals surface area contributed by atoms with Gasteiger partial charge in [-0.3, -0.25) is 4.79 Å². The smallest absolute Gasteiger partial charge is 0.249 e. The van der Waals surface area contributed by atoms with Gasteiger partial charge in [0, 0.05) is 13.2 Å². The second-order valence-electron chi connectivity index (χ2n) is 4.98. The van der Waals surface area contributed by atoms with Crippen LogP contribution < -0.4 is 10.6 Å². The first kappa shape index (κ1) is 11.9. The SMILES string of the molecule is CC1CCNCC1CNC(=O)C1CCCO1. The van der Waals surface area contributed by atoms with Gasteiger partial charge in [0.15, 0.2) is 0 Å². The normalized spacial score (nSPS) is 34.9. The van der Waals surface area contributed by atoms with Crippen LogP contribution in [0, 0.1) is 11.8 Å². The fourth-order valence-electron chi connectivity index (χ4n) is 2.46. The summed E-state index contributed by atoms with van der Waals surface area (Å²) >= 11 is 0. The number of nitrogens with one attached hydrogen (secondary N) is 2. The van der Waals surface area contributed by atoms with E-state index in [1.807, 2.05) is 0 Å². The van der Waals surface area contributed by atoms with Crippen molar-refractivity contribution in [3.8, 4) is 0 Å². The van der Waals surface area contributed by atoms with E-state index >= 15 is 0 Å². The Labute approximate surface area is 97.1 Å². The van der Waals surface area contributed by atoms with Crippen LogP contribution in [-0.4, -0.2) is 38.3 Å². The molecule has 2 saturated heterocycles. The van der Waals surface area contributed by atoms with Gasteiger partial charge in [0.1, 0.15) is 6.10 Å². The molecule has 2 aliphatic rings. The molecule has 4 nitrogen and oxygen atoms in total. The fourth-order valence-corrected chi connectivity index (χ4v) is 2.46. The molecule has 0 radical (unpaired) electrons. The molecule has 2 fully saturated rings. The molecule has 2 aliphatic heterocycles. The van der Waals surface area contributed by atoms with Crippen molar-refractivity contribution in [3.05, 3.63) is 0 Å². The highest BCUT2D eigenvalue weighted by Crippen LogP contribution is 2.18. The summed E-state index contributed by atoms with van der Waals surface area (Å²) in [7, 11) is 0. The Bertz CT molecular complexity index is 239. The van der Waals surface area contributed by atoms with Crippen LogP contribution in [0.1, 0.15) is 26.2 Å². The standard InChI is InChI=1S/C12H22N2O2/c1-9-4-5-13-7-10(9)8-14-12(15)11-3-2-6-16-11/h9-11,13H,2-8H2,1H3,(H,14,15). The lowest BCUT2D eigenvalue weighted by Gasteiger charge is -2.29. The summed E-state index contributed by atoms with van der Waals surface area (Å²) in [6, 6.07) is 0. The van der Waals surface area contributed by atoms with E-state index in [1.54, 1.807) is 0 Å². The lowest BCUT2D eigenvalue weighted by atomic mass is 9.88. The molecule has 2 rings (SSSR count). The Balaban J connectivity index is 1.71. The monoisotopic (exact) mass is 226 g/mol. The molecule has 0 aromatic rings. The van der Waals surface area contributed by atoms with Crippen LogP contribution in [0.2, 0.25) is 0 Å². The third-order valence-corrected chi connectivity index (χ3v) is 3.75. The lowest BCUT2D eigenvalue weighted by Crippen LogP contribution is -2.44. The Morgan fingerprint density at radius 2 is 2.38 bits per heavy atom. The largest absolute Gasteiger partial charge is 0.368 e. The van der Waals surface area contributed by atoms with E-state index in [4.69, 9.17) is 4.74 Å². The molecule has 0 aromatic heterocycles. The fraction of sp³-hybridized carbons (Fsp3) is 0.917. The molecule has 3 atom stereocenters. The van der Waals surface area contributed by atoms with Gasteiger partial charge in [-0.15, -0.1) is 0 Å². The van der Waals surface area contributed by atoms with Crippen molar-refractivity contribution in [3.63, 3.8) is 0 Å². The molecule has 0 spiro atoms. The van der Waals surface area contributed by atoms with Crippen molar-refractivity contribution < 1.29 is 9.53 Å². The molecule has 2 N–H and O–H groups in total. The second-order valence-corrected chi connectivity index (χ2v) is 4.98. The maximum absolute atomic E-state index is 11.7. The van der Waals surface area contributed by atoms with Gasteiger partial charge in [0.2, 0.25) is 5.91 Å². The van der Waals surface area contributed by atoms with Gasteiger partial charge < -0.3 is 15.4 Å². The van der Waals surface area contributed by atoms with Crippen LogP contribution >= 0.6 is 0 Å². The zero-order valence-corrected chi connectivity index (χ0v) is 10.00. The van der Waals surface area contributed by atoms with Gasteiger partial charge in [-0.05, 0) is 44.2 Å². The van der Waals surface area contributed by atoms with E-state index in [9.17, 15) is 4.79 Å². The molecule has 0 saturated carbocycles. The van der Waals surface area contributed by atoms with Crippen molar-refractivity contribution in [2.45, 2.75) is 32.3 Å². The Morgan fingerprint density at radius 1 is 1.50 bits per heavy atom. The topological polar surface area (TPSA) is 50.4 Å². The first-order valence-corrected chi connectivity index (χ1v) is 6.37. The van der Waals surface area contributed by atoms with Crippen LogP contribution in [0.3, 0.4) is 0 Å². The van der Waals surface area contributed by atoms with Gasteiger partial charge in [0.05, 0.1) is 0 Å². The maximum atomic E-state index is 11.7. The average molecular weight is 226 g/mol. The molecular weight excluding hydrogens is 204 g/mol. The third-order valence-electron chi connectivity index (χ3n) is 3.75. The maximum Gasteiger partial charge on any atom is 0.249 e. The average Bonchev–Trinajstić information content (AvgIpc) is 2.81. The van der Waals surface area contributed by atoms with E-state index in [1.165, 1.54) is 6.42 Å². The minimum Gasteiger partial charge on any atom is -0.368 e. The van der Waals surface area contributed by atoms with Gasteiger partial charge in [-0.1, -0.05) is 6.92 Å². The molecular formula is C12H22N2O2. The van der Waals surface area contributed by atoms with Crippen LogP contribution in [0.15, 0.2) is 0 Å². The van der Waals surface area contributed by atoms with Crippen LogP contribution in [-0.2, 0) is 9.53 Å². The summed E-state index contributed by atoms with van der Waals surface area (Å²) < 4.78 is 5.35. The number of rotatable bonds is 3. The molecule has 16 heavy (non-hydrogen) atoms. The molecule has 0 aliphatic carbocycles. The number of hydrogen-bond donors (Lipinski definition) is 2. The summed E-state index contributed by atoms with van der Waals surface area (Å²) in [5.41, 5.74) is 0. The molecule has 92 valence electrons. The Morgan fingerprint density at radius 3 is 3.06 bits per heavy atom. The van der Waals surface area contributed by atoms with Crippen molar-refractivity contribution >= 4 is 5.91 Å². The van der Waals surface area contributed by atoms with Crippen molar-refractivity contribution in [2.24, 2.45) is 11.8 Å². The summed E-state index contributed by atoms with van der Waals surface area (Å²) in [5.74, 6) is 1.35. The Kier molecular flexibility index (Phi) is 4.18. The van der Waals surface area contributed by atoms with E-state index in [2.05, 4.69) is 17.6 Å². The summed E-state index contributed by atoms with van der Waals surface area (Å²) in [4.78, 5) is 11.7. The first-order valence-electron chi connectivity index (χ1n) is 6.37. The predicted molar refractivity (Wildman–Crippen MR) is 62.1 cm³/mol. The molecule has 0 aromatic carbocycles. The van der Waals surface area contributed by atoms with Gasteiger partial charge in [-0.25, -0.2) is 0 Å². The summed E-state index contributed by atoms with van der Waals surface area (Å²) in [6.07, 6.45) is 2.91. The van der Waals surface area contributed by atoms with Crippen LogP contribution in [0.5, 0.6) is 0 Å². The van der Waals surface area contributed by atoms with E-state index < -0.39 is 0 Å². The number of ether oxygens (including phenoxy) is 1. The number of hydrogen-bond acceptors (Lipinski definition) is 3. The number of amides is 1. The molecule has 0 bridgehead atoms. The number of carbonyl (C=O) groups excluding carboxylic acids is 1. The molecule has 4 heteroatoms. The molecule has 1 amide bonds. The van der Waals surface area contributed by atoms with Gasteiger partial charge in [-0.2, -0.15) is 0 Å². The molecule has 2 heterocycles. The van der Waals surface area contributed by atoms with Crippen LogP contribution in [0.25, 0.3) is 0 Å². The Hall–Kier alpha value is -0.610. The van der Waals surface area contributed by atoms with Gasteiger partial charge in [0.25, 0.3) is 0 Å². The number of piperidine rings is 1. The predicted octanol–water partition coefficient (Wildman–Crippen LogP) is 0.527. The minimum atomic E-state index is -0.188. The summed E-state index contributed by atoms with van der Waals surface area (Å²) in [5, 5.41) is 6.40. The van der Waals surface area contributed by atoms with Crippen molar-refractivity contribution in [1.82, 2.24) is 10.6 Å². The van der Waals surface area contributed by atoms with Crippen molar-refractivity contribution in [1.29, 1.82) is 0 Å². The highest BCUT2D eigenvalue weighted by molar-refractivity contribution is 5.80. The van der Waals surface area contributed by atoms with E-state index in [0.717, 1.165) is 39.1 Å². The van der Waals surface area contributed by atoms with Crippen molar-refractivity contribution in [2.75, 3.05) is 26.2 Å². The summed E-state index contributed by atoms with van der Waals surface area (Å²) in [6.45, 7) is 5.92. The van der Waals surface area contributed by atoms with E-state index in [-0.39, 0.29) is 12.0 Å². The highest BCUT2D eigenvalue weighted by Gasteiger charge is 2.26. The zero-order chi connectivity index (χ0) is 11.4. The highest BCUT2D eigenvalue weighted by atomic mass is 16.5. The third kappa shape index (κ3) is 2.95. The van der Waals surface area contributed by atoms with Gasteiger partial charge >= 0.3 is 0 Å². The molecule has 3 unspecified atom stereocenters. The first-order chi connectivity index (χ1) is 7.77. The minimum absolute atomic E-state index is 0.0790. The van der Waals surface area contributed by atoms with Crippen LogP contribution in [0.4, 0.5) is 0 Å². The number of carbonyl (C=O) groups is 1. The second kappa shape index (κ2) is 5.64. The lowest BCUT2D eigenvalue weighted by molar-refractivity contribution is -0.130. The van der Waals surface area contributed by atoms with E-state index in [0.29, 0.717) is 11.8 Å². The zero-order valence-electron chi connectivity index (χ0n) is 10.00. The quantitative estimate of drug-likeness (QED) is 0.738.